The zero-order valence-corrected chi connectivity index (χ0v) is 13.2. The summed E-state index contributed by atoms with van der Waals surface area (Å²) in [5.74, 6) is 0.424. The SMILES string of the molecule is CC(C)Cn1c(CCl)nc2c(O)c(Cl)cc(Cl)c2c1=O. The summed E-state index contributed by atoms with van der Waals surface area (Å²) < 4.78 is 1.49. The predicted octanol–water partition coefficient (Wildman–Crippen LogP) is 3.80. The summed E-state index contributed by atoms with van der Waals surface area (Å²) in [5.41, 5.74) is -0.237. The summed E-state index contributed by atoms with van der Waals surface area (Å²) in [6.07, 6.45) is 0. The fraction of sp³-hybridized carbons (Fsp3) is 0.385. The maximum atomic E-state index is 12.6. The first kappa shape index (κ1) is 15.4. The van der Waals surface area contributed by atoms with Crippen LogP contribution in [0.15, 0.2) is 10.9 Å². The molecule has 0 aliphatic rings. The lowest BCUT2D eigenvalue weighted by molar-refractivity contribution is 0.477. The Morgan fingerprint density at radius 1 is 1.35 bits per heavy atom. The van der Waals surface area contributed by atoms with Crippen molar-refractivity contribution in [1.82, 2.24) is 9.55 Å². The highest BCUT2D eigenvalue weighted by molar-refractivity contribution is 6.39. The van der Waals surface area contributed by atoms with Gasteiger partial charge in [0.05, 0.1) is 21.3 Å². The molecule has 0 radical (unpaired) electrons. The zero-order valence-electron chi connectivity index (χ0n) is 11.0. The third-order valence-electron chi connectivity index (χ3n) is 2.86. The molecule has 0 unspecified atom stereocenters. The van der Waals surface area contributed by atoms with Crippen molar-refractivity contribution in [2.45, 2.75) is 26.3 Å². The van der Waals surface area contributed by atoms with Gasteiger partial charge in [0, 0.05) is 6.54 Å². The molecule has 0 amide bonds. The van der Waals surface area contributed by atoms with Gasteiger partial charge in [-0.3, -0.25) is 9.36 Å². The van der Waals surface area contributed by atoms with Crippen molar-refractivity contribution >= 4 is 45.7 Å². The fourth-order valence-corrected chi connectivity index (χ4v) is 2.74. The van der Waals surface area contributed by atoms with E-state index < -0.39 is 0 Å². The van der Waals surface area contributed by atoms with E-state index in [-0.39, 0.29) is 44.1 Å². The third-order valence-corrected chi connectivity index (χ3v) is 3.68. The smallest absolute Gasteiger partial charge is 0.263 e. The highest BCUT2D eigenvalue weighted by atomic mass is 35.5. The highest BCUT2D eigenvalue weighted by Gasteiger charge is 2.18. The average Bonchev–Trinajstić information content (AvgIpc) is 2.37. The van der Waals surface area contributed by atoms with Gasteiger partial charge in [0.1, 0.15) is 11.3 Å². The van der Waals surface area contributed by atoms with Crippen molar-refractivity contribution in [3.63, 3.8) is 0 Å². The standard InChI is InChI=1S/C13H13Cl3N2O2/c1-6(2)5-18-9(4-14)17-11-10(13(18)20)7(15)3-8(16)12(11)19/h3,6,19H,4-5H2,1-2H3. The maximum absolute atomic E-state index is 12.6. The van der Waals surface area contributed by atoms with E-state index in [1.807, 2.05) is 13.8 Å². The lowest BCUT2D eigenvalue weighted by Gasteiger charge is -2.15. The maximum Gasteiger partial charge on any atom is 0.263 e. The molecule has 1 aromatic carbocycles. The lowest BCUT2D eigenvalue weighted by atomic mass is 10.2. The molecule has 0 atom stereocenters. The molecule has 0 saturated heterocycles. The molecule has 2 rings (SSSR count). The summed E-state index contributed by atoms with van der Waals surface area (Å²) in [5, 5.41) is 10.3. The van der Waals surface area contributed by atoms with Crippen LogP contribution >= 0.6 is 34.8 Å². The van der Waals surface area contributed by atoms with Crippen LogP contribution in [0, 0.1) is 5.92 Å². The Morgan fingerprint density at radius 2 is 2.00 bits per heavy atom. The minimum Gasteiger partial charge on any atom is -0.504 e. The molecule has 4 nitrogen and oxygen atoms in total. The minimum absolute atomic E-state index is 0.0523. The van der Waals surface area contributed by atoms with E-state index in [0.717, 1.165) is 0 Å². The second-order valence-electron chi connectivity index (χ2n) is 4.88. The van der Waals surface area contributed by atoms with Crippen molar-refractivity contribution < 1.29 is 5.11 Å². The zero-order chi connectivity index (χ0) is 15.0. The van der Waals surface area contributed by atoms with Crippen LogP contribution in [-0.4, -0.2) is 14.7 Å². The van der Waals surface area contributed by atoms with E-state index in [1.165, 1.54) is 10.6 Å². The Hall–Kier alpha value is -0.970. The molecule has 0 aliphatic carbocycles. The molecule has 20 heavy (non-hydrogen) atoms. The number of aromatic nitrogens is 2. The lowest BCUT2D eigenvalue weighted by Crippen LogP contribution is -2.27. The van der Waals surface area contributed by atoms with Crippen LogP contribution in [0.4, 0.5) is 0 Å². The third kappa shape index (κ3) is 2.60. The van der Waals surface area contributed by atoms with Crippen molar-refractivity contribution in [3.05, 3.63) is 32.3 Å². The van der Waals surface area contributed by atoms with Gasteiger partial charge in [-0.15, -0.1) is 11.6 Å². The van der Waals surface area contributed by atoms with Gasteiger partial charge in [-0.2, -0.15) is 0 Å². The van der Waals surface area contributed by atoms with Crippen molar-refractivity contribution in [2.75, 3.05) is 0 Å². The van der Waals surface area contributed by atoms with E-state index in [1.54, 1.807) is 0 Å². The summed E-state index contributed by atoms with van der Waals surface area (Å²) in [6.45, 7) is 4.44. The molecule has 2 aromatic rings. The van der Waals surface area contributed by atoms with Gasteiger partial charge in [0.15, 0.2) is 5.75 Å². The molecule has 0 bridgehead atoms. The second kappa shape index (κ2) is 5.80. The van der Waals surface area contributed by atoms with E-state index in [4.69, 9.17) is 34.8 Å². The number of hydrogen-bond acceptors (Lipinski definition) is 3. The summed E-state index contributed by atoms with van der Waals surface area (Å²) in [7, 11) is 0. The number of phenols is 1. The largest absolute Gasteiger partial charge is 0.504 e. The van der Waals surface area contributed by atoms with Crippen LogP contribution in [0.1, 0.15) is 19.7 Å². The first-order chi connectivity index (χ1) is 9.36. The van der Waals surface area contributed by atoms with Crippen molar-refractivity contribution in [1.29, 1.82) is 0 Å². The number of alkyl halides is 1. The van der Waals surface area contributed by atoms with Gasteiger partial charge in [-0.1, -0.05) is 37.0 Å². The number of rotatable bonds is 3. The van der Waals surface area contributed by atoms with Gasteiger partial charge in [0.25, 0.3) is 5.56 Å². The molecule has 108 valence electrons. The first-order valence-corrected chi connectivity index (χ1v) is 7.32. The molecular formula is C13H13Cl3N2O2. The number of benzene rings is 1. The Bertz CT molecular complexity index is 726. The Labute approximate surface area is 130 Å². The van der Waals surface area contributed by atoms with Gasteiger partial charge < -0.3 is 5.11 Å². The summed E-state index contributed by atoms with van der Waals surface area (Å²) >= 11 is 17.8. The molecule has 0 saturated carbocycles. The van der Waals surface area contributed by atoms with Crippen LogP contribution in [0.3, 0.4) is 0 Å². The van der Waals surface area contributed by atoms with Crippen LogP contribution < -0.4 is 5.56 Å². The molecule has 7 heteroatoms. The summed E-state index contributed by atoms with van der Waals surface area (Å²) in [6, 6.07) is 1.34. The van der Waals surface area contributed by atoms with Crippen LogP contribution in [0.2, 0.25) is 10.0 Å². The molecule has 0 spiro atoms. The quantitative estimate of drug-likeness (QED) is 0.868. The molecule has 1 aromatic heterocycles. The number of phenolic OH excluding ortho intramolecular Hbond substituents is 1. The van der Waals surface area contributed by atoms with E-state index in [0.29, 0.717) is 12.4 Å². The molecular weight excluding hydrogens is 323 g/mol. The molecule has 0 fully saturated rings. The van der Waals surface area contributed by atoms with Crippen LogP contribution in [-0.2, 0) is 12.4 Å². The van der Waals surface area contributed by atoms with E-state index in [9.17, 15) is 9.90 Å². The van der Waals surface area contributed by atoms with Crippen LogP contribution in [0.5, 0.6) is 5.75 Å². The van der Waals surface area contributed by atoms with Gasteiger partial charge in [-0.25, -0.2) is 4.98 Å². The average molecular weight is 336 g/mol. The number of hydrogen-bond donors (Lipinski definition) is 1. The Kier molecular flexibility index (Phi) is 4.47. The summed E-state index contributed by atoms with van der Waals surface area (Å²) in [4.78, 5) is 16.8. The fourth-order valence-electron chi connectivity index (χ4n) is 2.01. The Morgan fingerprint density at radius 3 is 2.55 bits per heavy atom. The van der Waals surface area contributed by atoms with E-state index >= 15 is 0 Å². The minimum atomic E-state index is -0.323. The number of aromatic hydroxyl groups is 1. The topological polar surface area (TPSA) is 55.1 Å². The van der Waals surface area contributed by atoms with E-state index in [2.05, 4.69) is 4.98 Å². The number of fused-ring (bicyclic) bond motifs is 1. The normalized spacial score (nSPS) is 11.5. The first-order valence-electron chi connectivity index (χ1n) is 6.03. The van der Waals surface area contributed by atoms with Gasteiger partial charge in [-0.05, 0) is 12.0 Å². The van der Waals surface area contributed by atoms with Crippen molar-refractivity contribution in [3.8, 4) is 5.75 Å². The number of nitrogens with zero attached hydrogens (tertiary/aromatic N) is 2. The highest BCUT2D eigenvalue weighted by Crippen LogP contribution is 2.34. The second-order valence-corrected chi connectivity index (χ2v) is 5.97. The van der Waals surface area contributed by atoms with Gasteiger partial charge in [0.2, 0.25) is 0 Å². The molecule has 1 N–H and O–H groups in total. The van der Waals surface area contributed by atoms with Crippen LogP contribution in [0.25, 0.3) is 10.9 Å². The predicted molar refractivity (Wildman–Crippen MR) is 82.1 cm³/mol. The number of halogens is 3. The molecule has 0 aliphatic heterocycles. The molecule has 1 heterocycles. The Balaban J connectivity index is 2.91. The van der Waals surface area contributed by atoms with Gasteiger partial charge >= 0.3 is 0 Å². The van der Waals surface area contributed by atoms with Crippen molar-refractivity contribution in [2.24, 2.45) is 5.92 Å². The monoisotopic (exact) mass is 334 g/mol.